The van der Waals surface area contributed by atoms with Crippen molar-refractivity contribution in [1.82, 2.24) is 0 Å². The molecule has 64 valence electrons. The highest BCUT2D eigenvalue weighted by atomic mass is 16.6. The maximum Gasteiger partial charge on any atom is 0.295 e. The van der Waals surface area contributed by atoms with Crippen LogP contribution in [0, 0.1) is 10.1 Å². The van der Waals surface area contributed by atoms with Gasteiger partial charge >= 0.3 is 0 Å². The second kappa shape index (κ2) is 3.05. The van der Waals surface area contributed by atoms with Crippen molar-refractivity contribution >= 4 is 17.1 Å². The van der Waals surface area contributed by atoms with Crippen LogP contribution >= 0.6 is 0 Å². The number of anilines is 2. The van der Waals surface area contributed by atoms with Crippen LogP contribution in [0.5, 0.6) is 0 Å². The van der Waals surface area contributed by atoms with E-state index in [-0.39, 0.29) is 11.4 Å². The van der Waals surface area contributed by atoms with E-state index in [1.165, 1.54) is 18.2 Å². The van der Waals surface area contributed by atoms with Crippen LogP contribution in [-0.4, -0.2) is 4.92 Å². The first-order valence-electron chi connectivity index (χ1n) is 3.15. The number of nitrogens with two attached hydrogens (primary N) is 2. The first-order valence-corrected chi connectivity index (χ1v) is 3.15. The molecular weight excluding hydrogens is 160 g/mol. The highest BCUT2D eigenvalue weighted by Gasteiger charge is 2.11. The maximum atomic E-state index is 10.4. The van der Waals surface area contributed by atoms with E-state index in [1.54, 1.807) is 0 Å². The molecule has 1 rings (SSSR count). The molecule has 0 aliphatic carbocycles. The summed E-state index contributed by atoms with van der Waals surface area (Å²) in [5, 5.41) is 10.4. The van der Waals surface area contributed by atoms with E-state index in [4.69, 9.17) is 11.6 Å². The van der Waals surface area contributed by atoms with E-state index in [1.807, 2.05) is 0 Å². The molecule has 1 aromatic rings. The predicted octanol–water partition coefficient (Wildman–Crippen LogP) is 0.463. The Morgan fingerprint density at radius 2 is 2.17 bits per heavy atom. The third kappa shape index (κ3) is 1.43. The number of nitro benzene ring substituents is 1. The summed E-state index contributed by atoms with van der Waals surface area (Å²) in [6, 6.07) is 4.23. The van der Waals surface area contributed by atoms with E-state index in [2.05, 4.69) is 5.43 Å². The number of nitrogens with one attached hydrogen (secondary N) is 1. The normalized spacial score (nSPS) is 9.42. The Morgan fingerprint density at radius 1 is 1.50 bits per heavy atom. The van der Waals surface area contributed by atoms with Gasteiger partial charge in [0.2, 0.25) is 0 Å². The summed E-state index contributed by atoms with van der Waals surface area (Å²) in [7, 11) is 0. The van der Waals surface area contributed by atoms with Crippen molar-refractivity contribution in [3.8, 4) is 0 Å². The Bertz CT molecular complexity index is 312. The Morgan fingerprint density at radius 3 is 2.67 bits per heavy atom. The number of rotatable bonds is 2. The van der Waals surface area contributed by atoms with Crippen molar-refractivity contribution in [3.05, 3.63) is 28.3 Å². The molecule has 6 nitrogen and oxygen atoms in total. The van der Waals surface area contributed by atoms with Gasteiger partial charge in [-0.25, -0.2) is 0 Å². The maximum absolute atomic E-state index is 10.4. The highest BCUT2D eigenvalue weighted by molar-refractivity contribution is 5.66. The average molecular weight is 168 g/mol. The molecule has 0 saturated carbocycles. The van der Waals surface area contributed by atoms with Crippen LogP contribution in [-0.2, 0) is 0 Å². The van der Waals surface area contributed by atoms with E-state index in [0.717, 1.165) is 0 Å². The minimum absolute atomic E-state index is 0.127. The lowest BCUT2D eigenvalue weighted by molar-refractivity contribution is -0.383. The minimum atomic E-state index is -0.550. The van der Waals surface area contributed by atoms with Crippen molar-refractivity contribution in [2.45, 2.75) is 0 Å². The Balaban J connectivity index is 3.21. The second-order valence-electron chi connectivity index (χ2n) is 2.18. The van der Waals surface area contributed by atoms with Crippen LogP contribution in [0.25, 0.3) is 0 Å². The molecule has 12 heavy (non-hydrogen) atoms. The molecule has 0 saturated heterocycles. The van der Waals surface area contributed by atoms with Gasteiger partial charge in [0, 0.05) is 11.8 Å². The van der Waals surface area contributed by atoms with Crippen LogP contribution in [0.1, 0.15) is 0 Å². The molecule has 0 fully saturated rings. The average Bonchev–Trinajstić information content (AvgIpc) is 2.04. The quantitative estimate of drug-likeness (QED) is 0.257. The topological polar surface area (TPSA) is 107 Å². The monoisotopic (exact) mass is 168 g/mol. The first kappa shape index (κ1) is 8.28. The SMILES string of the molecule is NNc1ccc(N)cc1[N+](=O)[O-]. The fourth-order valence-corrected chi connectivity index (χ4v) is 0.822. The molecule has 0 spiro atoms. The number of nitrogen functional groups attached to an aromatic ring is 2. The fourth-order valence-electron chi connectivity index (χ4n) is 0.822. The van der Waals surface area contributed by atoms with Crippen LogP contribution < -0.4 is 17.0 Å². The molecule has 0 atom stereocenters. The van der Waals surface area contributed by atoms with E-state index in [0.29, 0.717) is 5.69 Å². The van der Waals surface area contributed by atoms with Crippen LogP contribution in [0.3, 0.4) is 0 Å². The van der Waals surface area contributed by atoms with Gasteiger partial charge in [-0.1, -0.05) is 0 Å². The third-order valence-corrected chi connectivity index (χ3v) is 1.37. The summed E-state index contributed by atoms with van der Waals surface area (Å²) in [5.41, 5.74) is 8.01. The number of hydrazine groups is 1. The molecule has 0 heterocycles. The lowest BCUT2D eigenvalue weighted by Gasteiger charge is -2.01. The largest absolute Gasteiger partial charge is 0.399 e. The van der Waals surface area contributed by atoms with Crippen molar-refractivity contribution in [2.75, 3.05) is 11.2 Å². The van der Waals surface area contributed by atoms with E-state index < -0.39 is 4.92 Å². The molecule has 6 heteroatoms. The van der Waals surface area contributed by atoms with E-state index in [9.17, 15) is 10.1 Å². The molecule has 0 aliphatic rings. The van der Waals surface area contributed by atoms with Gasteiger partial charge in [-0.2, -0.15) is 0 Å². The van der Waals surface area contributed by atoms with Crippen molar-refractivity contribution in [3.63, 3.8) is 0 Å². The molecular formula is C6H8N4O2. The molecule has 5 N–H and O–H groups in total. The highest BCUT2D eigenvalue weighted by Crippen LogP contribution is 2.25. The molecule has 1 aromatic carbocycles. The van der Waals surface area contributed by atoms with Gasteiger partial charge in [-0.3, -0.25) is 16.0 Å². The third-order valence-electron chi connectivity index (χ3n) is 1.37. The first-order chi connectivity index (χ1) is 5.65. The van der Waals surface area contributed by atoms with Gasteiger partial charge in [0.25, 0.3) is 5.69 Å². The summed E-state index contributed by atoms with van der Waals surface area (Å²) in [6.45, 7) is 0. The zero-order valence-electron chi connectivity index (χ0n) is 6.15. The van der Waals surface area contributed by atoms with Crippen LogP contribution in [0.15, 0.2) is 18.2 Å². The second-order valence-corrected chi connectivity index (χ2v) is 2.18. The summed E-state index contributed by atoms with van der Waals surface area (Å²) in [6.07, 6.45) is 0. The standard InChI is InChI=1S/C6H8N4O2/c7-4-1-2-5(9-8)6(3-4)10(11)12/h1-3,9H,7-8H2. The van der Waals surface area contributed by atoms with Crippen LogP contribution in [0.4, 0.5) is 17.1 Å². The van der Waals surface area contributed by atoms with Crippen LogP contribution in [0.2, 0.25) is 0 Å². The van der Waals surface area contributed by atoms with Gasteiger partial charge in [-0.05, 0) is 12.1 Å². The predicted molar refractivity (Wildman–Crippen MR) is 45.3 cm³/mol. The number of nitrogens with zero attached hydrogens (tertiary/aromatic N) is 1. The van der Waals surface area contributed by atoms with Gasteiger partial charge in [0.1, 0.15) is 5.69 Å². The summed E-state index contributed by atoms with van der Waals surface area (Å²) in [5.74, 6) is 5.04. The molecule has 0 bridgehead atoms. The summed E-state index contributed by atoms with van der Waals surface area (Å²) < 4.78 is 0. The lowest BCUT2D eigenvalue weighted by Crippen LogP contribution is -2.09. The smallest absolute Gasteiger partial charge is 0.295 e. The number of benzene rings is 1. The number of nitro groups is 1. The van der Waals surface area contributed by atoms with Gasteiger partial charge < -0.3 is 11.2 Å². The molecule has 0 radical (unpaired) electrons. The minimum Gasteiger partial charge on any atom is -0.399 e. The zero-order chi connectivity index (χ0) is 9.14. The van der Waals surface area contributed by atoms with Gasteiger partial charge in [0.05, 0.1) is 4.92 Å². The molecule has 0 amide bonds. The van der Waals surface area contributed by atoms with Crippen molar-refractivity contribution in [1.29, 1.82) is 0 Å². The molecule has 0 unspecified atom stereocenters. The fraction of sp³-hybridized carbons (Fsp3) is 0. The lowest BCUT2D eigenvalue weighted by atomic mass is 10.2. The Kier molecular flexibility index (Phi) is 2.11. The Hall–Kier alpha value is -1.82. The molecule has 0 aliphatic heterocycles. The zero-order valence-corrected chi connectivity index (χ0v) is 6.15. The van der Waals surface area contributed by atoms with Crippen molar-refractivity contribution < 1.29 is 4.92 Å². The Labute approximate surface area is 68.3 Å². The number of hydrogen-bond donors (Lipinski definition) is 3. The van der Waals surface area contributed by atoms with Crippen molar-refractivity contribution in [2.24, 2.45) is 5.84 Å². The number of hydrogen-bond acceptors (Lipinski definition) is 5. The van der Waals surface area contributed by atoms with Gasteiger partial charge in [0.15, 0.2) is 0 Å². The van der Waals surface area contributed by atoms with Gasteiger partial charge in [-0.15, -0.1) is 0 Å². The summed E-state index contributed by atoms with van der Waals surface area (Å²) >= 11 is 0. The summed E-state index contributed by atoms with van der Waals surface area (Å²) in [4.78, 5) is 9.84. The van der Waals surface area contributed by atoms with E-state index >= 15 is 0 Å². The molecule has 0 aromatic heterocycles.